The molecule has 1 fully saturated rings. The number of nitrogens with zero attached hydrogens (tertiary/aromatic N) is 1. The smallest absolute Gasteiger partial charge is 0.254 e. The minimum Gasteiger partial charge on any atom is -0.454 e. The standard InChI is InChI=1S/C13H15NO4/c15-7-10-2-1-5-14(10)13(16)9-3-4-11-12(6-9)18-8-17-11/h3-4,6,10,15H,1-2,5,7-8H2/t10-/m0/s1. The zero-order chi connectivity index (χ0) is 12.5. The summed E-state index contributed by atoms with van der Waals surface area (Å²) in [6.45, 7) is 0.935. The van der Waals surface area contributed by atoms with E-state index in [0.29, 0.717) is 23.6 Å². The average Bonchev–Trinajstić information content (AvgIpc) is 3.05. The third-order valence-electron chi connectivity index (χ3n) is 3.47. The maximum atomic E-state index is 12.3. The van der Waals surface area contributed by atoms with Crippen LogP contribution >= 0.6 is 0 Å². The molecule has 1 amide bonds. The van der Waals surface area contributed by atoms with E-state index in [1.54, 1.807) is 23.1 Å². The van der Waals surface area contributed by atoms with Gasteiger partial charge in [0.05, 0.1) is 12.6 Å². The van der Waals surface area contributed by atoms with E-state index in [9.17, 15) is 9.90 Å². The van der Waals surface area contributed by atoms with Crippen molar-refractivity contribution in [1.82, 2.24) is 4.90 Å². The summed E-state index contributed by atoms with van der Waals surface area (Å²) in [5.74, 6) is 1.23. The van der Waals surface area contributed by atoms with Gasteiger partial charge in [0, 0.05) is 12.1 Å². The van der Waals surface area contributed by atoms with Crippen molar-refractivity contribution >= 4 is 5.91 Å². The second kappa shape index (κ2) is 4.49. The molecule has 0 aromatic heterocycles. The molecule has 5 heteroatoms. The van der Waals surface area contributed by atoms with E-state index in [2.05, 4.69) is 0 Å². The number of carbonyl (C=O) groups excluding carboxylic acids is 1. The van der Waals surface area contributed by atoms with E-state index < -0.39 is 0 Å². The van der Waals surface area contributed by atoms with Crippen molar-refractivity contribution < 1.29 is 19.4 Å². The maximum Gasteiger partial charge on any atom is 0.254 e. The zero-order valence-electron chi connectivity index (χ0n) is 9.96. The van der Waals surface area contributed by atoms with Crippen LogP contribution < -0.4 is 9.47 Å². The highest BCUT2D eigenvalue weighted by molar-refractivity contribution is 5.95. The van der Waals surface area contributed by atoms with Crippen molar-refractivity contribution in [1.29, 1.82) is 0 Å². The first-order chi connectivity index (χ1) is 8.79. The predicted octanol–water partition coefficient (Wildman–Crippen LogP) is 1.01. The number of likely N-dealkylation sites (tertiary alicyclic amines) is 1. The lowest BCUT2D eigenvalue weighted by Gasteiger charge is -2.23. The summed E-state index contributed by atoms with van der Waals surface area (Å²) in [6, 6.07) is 5.14. The van der Waals surface area contributed by atoms with Crippen molar-refractivity contribution in [3.8, 4) is 11.5 Å². The molecule has 2 aliphatic heterocycles. The molecule has 1 saturated heterocycles. The third kappa shape index (κ3) is 1.80. The summed E-state index contributed by atoms with van der Waals surface area (Å²) in [5, 5.41) is 9.25. The first-order valence-electron chi connectivity index (χ1n) is 6.11. The van der Waals surface area contributed by atoms with Crippen LogP contribution in [0, 0.1) is 0 Å². The molecule has 1 atom stereocenters. The Kier molecular flexibility index (Phi) is 2.83. The second-order valence-electron chi connectivity index (χ2n) is 4.55. The molecule has 96 valence electrons. The first-order valence-corrected chi connectivity index (χ1v) is 6.11. The van der Waals surface area contributed by atoms with Gasteiger partial charge in [-0.25, -0.2) is 0 Å². The lowest BCUT2D eigenvalue weighted by atomic mass is 10.1. The summed E-state index contributed by atoms with van der Waals surface area (Å²) in [6.07, 6.45) is 1.81. The fourth-order valence-corrected chi connectivity index (χ4v) is 2.49. The van der Waals surface area contributed by atoms with Crippen LogP contribution in [-0.2, 0) is 0 Å². The molecule has 1 aromatic carbocycles. The molecule has 0 unspecified atom stereocenters. The molecule has 0 bridgehead atoms. The van der Waals surface area contributed by atoms with E-state index in [-0.39, 0.29) is 25.3 Å². The molecule has 3 rings (SSSR count). The van der Waals surface area contributed by atoms with Crippen molar-refractivity contribution in [3.63, 3.8) is 0 Å². The fourth-order valence-electron chi connectivity index (χ4n) is 2.49. The highest BCUT2D eigenvalue weighted by Crippen LogP contribution is 2.33. The molecule has 1 aromatic rings. The van der Waals surface area contributed by atoms with Crippen LogP contribution in [0.1, 0.15) is 23.2 Å². The second-order valence-corrected chi connectivity index (χ2v) is 4.55. The number of benzene rings is 1. The van der Waals surface area contributed by atoms with Gasteiger partial charge in [0.1, 0.15) is 0 Å². The number of amides is 1. The number of carbonyl (C=O) groups is 1. The Morgan fingerprint density at radius 3 is 3.06 bits per heavy atom. The quantitative estimate of drug-likeness (QED) is 0.850. The summed E-state index contributed by atoms with van der Waals surface area (Å²) >= 11 is 0. The Morgan fingerprint density at radius 2 is 2.22 bits per heavy atom. The Balaban J connectivity index is 1.84. The monoisotopic (exact) mass is 249 g/mol. The number of aliphatic hydroxyl groups excluding tert-OH is 1. The third-order valence-corrected chi connectivity index (χ3v) is 3.47. The molecule has 2 aliphatic rings. The minimum absolute atomic E-state index is 0.0241. The van der Waals surface area contributed by atoms with Gasteiger partial charge >= 0.3 is 0 Å². The van der Waals surface area contributed by atoms with Gasteiger partial charge < -0.3 is 19.5 Å². The number of fused-ring (bicyclic) bond motifs is 1. The van der Waals surface area contributed by atoms with Crippen molar-refractivity contribution in [2.24, 2.45) is 0 Å². The largest absolute Gasteiger partial charge is 0.454 e. The van der Waals surface area contributed by atoms with Gasteiger partial charge in [-0.1, -0.05) is 0 Å². The van der Waals surface area contributed by atoms with Crippen molar-refractivity contribution in [2.45, 2.75) is 18.9 Å². The number of rotatable bonds is 2. The van der Waals surface area contributed by atoms with Gasteiger partial charge in [-0.15, -0.1) is 0 Å². The Bertz CT molecular complexity index is 474. The van der Waals surface area contributed by atoms with Crippen LogP contribution in [-0.4, -0.2) is 41.9 Å². The van der Waals surface area contributed by atoms with Gasteiger partial charge in [-0.2, -0.15) is 0 Å². The molecule has 0 saturated carbocycles. The normalized spacial score (nSPS) is 21.4. The van der Waals surface area contributed by atoms with Gasteiger partial charge in [0.25, 0.3) is 5.91 Å². The van der Waals surface area contributed by atoms with Gasteiger partial charge in [0.15, 0.2) is 11.5 Å². The Hall–Kier alpha value is -1.75. The Labute approximate surface area is 105 Å². The zero-order valence-corrected chi connectivity index (χ0v) is 9.96. The van der Waals surface area contributed by atoms with Crippen molar-refractivity contribution in [3.05, 3.63) is 23.8 Å². The van der Waals surface area contributed by atoms with Gasteiger partial charge in [0.2, 0.25) is 6.79 Å². The molecular weight excluding hydrogens is 234 g/mol. The highest BCUT2D eigenvalue weighted by atomic mass is 16.7. The van der Waals surface area contributed by atoms with Crippen LogP contribution in [0.3, 0.4) is 0 Å². The van der Waals surface area contributed by atoms with E-state index in [1.165, 1.54) is 0 Å². The topological polar surface area (TPSA) is 59.0 Å². The minimum atomic E-state index is -0.0528. The number of hydrogen-bond acceptors (Lipinski definition) is 4. The Morgan fingerprint density at radius 1 is 1.39 bits per heavy atom. The molecular formula is C13H15NO4. The molecule has 5 nitrogen and oxygen atoms in total. The summed E-state index contributed by atoms with van der Waals surface area (Å²) in [5.41, 5.74) is 0.583. The van der Waals surface area contributed by atoms with E-state index in [4.69, 9.17) is 9.47 Å². The SMILES string of the molecule is O=C(c1ccc2c(c1)OCO2)N1CCC[C@H]1CO. The summed E-state index contributed by atoms with van der Waals surface area (Å²) < 4.78 is 10.5. The number of hydrogen-bond donors (Lipinski definition) is 1. The first kappa shape index (κ1) is 11.3. The molecule has 1 N–H and O–H groups in total. The van der Waals surface area contributed by atoms with Crippen LogP contribution in [0.5, 0.6) is 11.5 Å². The molecule has 0 radical (unpaired) electrons. The lowest BCUT2D eigenvalue weighted by molar-refractivity contribution is 0.0677. The van der Waals surface area contributed by atoms with Crippen LogP contribution in [0.2, 0.25) is 0 Å². The van der Waals surface area contributed by atoms with Crippen LogP contribution in [0.4, 0.5) is 0 Å². The van der Waals surface area contributed by atoms with Gasteiger partial charge in [-0.3, -0.25) is 4.79 Å². The number of aliphatic hydroxyl groups is 1. The van der Waals surface area contributed by atoms with E-state index in [0.717, 1.165) is 12.8 Å². The number of ether oxygens (including phenoxy) is 2. The fraction of sp³-hybridized carbons (Fsp3) is 0.462. The summed E-state index contributed by atoms with van der Waals surface area (Å²) in [7, 11) is 0. The maximum absolute atomic E-state index is 12.3. The average molecular weight is 249 g/mol. The molecule has 0 spiro atoms. The van der Waals surface area contributed by atoms with E-state index >= 15 is 0 Å². The molecule has 2 heterocycles. The van der Waals surface area contributed by atoms with Crippen LogP contribution in [0.15, 0.2) is 18.2 Å². The highest BCUT2D eigenvalue weighted by Gasteiger charge is 2.29. The van der Waals surface area contributed by atoms with Crippen LogP contribution in [0.25, 0.3) is 0 Å². The molecule has 18 heavy (non-hydrogen) atoms. The summed E-state index contributed by atoms with van der Waals surface area (Å²) in [4.78, 5) is 14.1. The van der Waals surface area contributed by atoms with E-state index in [1.807, 2.05) is 0 Å². The van der Waals surface area contributed by atoms with Crippen molar-refractivity contribution in [2.75, 3.05) is 19.9 Å². The molecule has 0 aliphatic carbocycles. The lowest BCUT2D eigenvalue weighted by Crippen LogP contribution is -2.37. The predicted molar refractivity (Wildman–Crippen MR) is 63.7 cm³/mol. The van der Waals surface area contributed by atoms with Gasteiger partial charge in [-0.05, 0) is 31.0 Å².